The molecule has 0 bridgehead atoms. The third-order valence-corrected chi connectivity index (χ3v) is 6.35. The zero-order valence-electron chi connectivity index (χ0n) is 14.8. The molecule has 3 rings (SSSR count). The Balaban J connectivity index is 1.32. The number of nitrogens with one attached hydrogen (secondary N) is 1. The number of aliphatic imine (C=N–C) groups is 1. The summed E-state index contributed by atoms with van der Waals surface area (Å²) in [5.41, 5.74) is 7.22. The van der Waals surface area contributed by atoms with Crippen LogP contribution in [0.1, 0.15) is 49.7 Å². The largest absolute Gasteiger partial charge is 0.370 e. The molecular formula is C18H31N5S. The van der Waals surface area contributed by atoms with Crippen molar-refractivity contribution in [1.29, 1.82) is 0 Å². The van der Waals surface area contributed by atoms with Crippen LogP contribution in [0.3, 0.4) is 0 Å². The number of aromatic nitrogens is 1. The number of hydrogen-bond acceptors (Lipinski definition) is 4. The molecule has 24 heavy (non-hydrogen) atoms. The molecule has 1 aromatic heterocycles. The summed E-state index contributed by atoms with van der Waals surface area (Å²) in [5.74, 6) is 2.13. The Labute approximate surface area is 149 Å². The number of guanidine groups is 1. The summed E-state index contributed by atoms with van der Waals surface area (Å²) < 4.78 is 0. The van der Waals surface area contributed by atoms with E-state index in [0.29, 0.717) is 11.9 Å². The van der Waals surface area contributed by atoms with E-state index in [2.05, 4.69) is 32.5 Å². The minimum absolute atomic E-state index is 0.638. The SMILES string of the molecule is CCc1nc(CN2CCC(CNC(N)=NCC3CCC3)CC2)cs1. The van der Waals surface area contributed by atoms with E-state index in [1.54, 1.807) is 11.3 Å². The molecule has 2 heterocycles. The Bertz CT molecular complexity index is 529. The van der Waals surface area contributed by atoms with Crippen molar-refractivity contribution in [3.05, 3.63) is 16.1 Å². The Morgan fingerprint density at radius 3 is 2.75 bits per heavy atom. The van der Waals surface area contributed by atoms with Gasteiger partial charge in [0.05, 0.1) is 10.7 Å². The summed E-state index contributed by atoms with van der Waals surface area (Å²) in [5, 5.41) is 6.79. The summed E-state index contributed by atoms with van der Waals surface area (Å²) in [4.78, 5) is 11.7. The highest BCUT2D eigenvalue weighted by molar-refractivity contribution is 7.09. The summed E-state index contributed by atoms with van der Waals surface area (Å²) in [6.07, 6.45) is 7.53. The lowest BCUT2D eigenvalue weighted by atomic mass is 9.86. The lowest BCUT2D eigenvalue weighted by Gasteiger charge is -2.31. The van der Waals surface area contributed by atoms with E-state index < -0.39 is 0 Å². The van der Waals surface area contributed by atoms with E-state index in [9.17, 15) is 0 Å². The van der Waals surface area contributed by atoms with Gasteiger partial charge in [-0.05, 0) is 57.0 Å². The summed E-state index contributed by atoms with van der Waals surface area (Å²) in [6.45, 7) is 7.36. The van der Waals surface area contributed by atoms with Crippen LogP contribution >= 0.6 is 11.3 Å². The first-order valence-electron chi connectivity index (χ1n) is 9.42. The summed E-state index contributed by atoms with van der Waals surface area (Å²) in [7, 11) is 0. The van der Waals surface area contributed by atoms with Gasteiger partial charge in [-0.1, -0.05) is 13.3 Å². The first-order chi connectivity index (χ1) is 11.7. The van der Waals surface area contributed by atoms with Crippen LogP contribution in [0.15, 0.2) is 10.4 Å². The molecule has 2 fully saturated rings. The number of piperidine rings is 1. The van der Waals surface area contributed by atoms with E-state index in [1.165, 1.54) is 42.8 Å². The monoisotopic (exact) mass is 349 g/mol. The number of nitrogens with zero attached hydrogens (tertiary/aromatic N) is 3. The molecule has 3 N–H and O–H groups in total. The van der Waals surface area contributed by atoms with Crippen LogP contribution in [0.2, 0.25) is 0 Å². The molecule has 6 heteroatoms. The van der Waals surface area contributed by atoms with Gasteiger partial charge in [0.25, 0.3) is 0 Å². The van der Waals surface area contributed by atoms with E-state index >= 15 is 0 Å². The van der Waals surface area contributed by atoms with Crippen molar-refractivity contribution < 1.29 is 0 Å². The third-order valence-electron chi connectivity index (χ3n) is 5.31. The molecule has 1 aromatic rings. The van der Waals surface area contributed by atoms with E-state index in [4.69, 9.17) is 5.73 Å². The average Bonchev–Trinajstić information content (AvgIpc) is 3.00. The van der Waals surface area contributed by atoms with Gasteiger partial charge in [-0.2, -0.15) is 0 Å². The van der Waals surface area contributed by atoms with Crippen molar-refractivity contribution in [2.75, 3.05) is 26.2 Å². The maximum Gasteiger partial charge on any atom is 0.188 e. The van der Waals surface area contributed by atoms with Crippen LogP contribution in [-0.2, 0) is 13.0 Å². The van der Waals surface area contributed by atoms with Crippen LogP contribution in [0.25, 0.3) is 0 Å². The second kappa shape index (κ2) is 8.81. The number of hydrogen-bond donors (Lipinski definition) is 2. The molecule has 5 nitrogen and oxygen atoms in total. The second-order valence-corrected chi connectivity index (χ2v) is 8.15. The van der Waals surface area contributed by atoms with E-state index in [-0.39, 0.29) is 0 Å². The molecule has 0 aromatic carbocycles. The predicted octanol–water partition coefficient (Wildman–Crippen LogP) is 2.62. The Morgan fingerprint density at radius 2 is 2.12 bits per heavy atom. The van der Waals surface area contributed by atoms with Crippen LogP contribution in [0, 0.1) is 11.8 Å². The molecule has 1 saturated heterocycles. The van der Waals surface area contributed by atoms with Crippen LogP contribution < -0.4 is 11.1 Å². The maximum absolute atomic E-state index is 5.98. The Kier molecular flexibility index (Phi) is 6.49. The molecule has 0 spiro atoms. The van der Waals surface area contributed by atoms with E-state index in [1.807, 2.05) is 0 Å². The highest BCUT2D eigenvalue weighted by Gasteiger charge is 2.20. The first kappa shape index (κ1) is 17.7. The number of nitrogens with two attached hydrogens (primary N) is 1. The molecule has 1 aliphatic carbocycles. The third kappa shape index (κ3) is 5.18. The summed E-state index contributed by atoms with van der Waals surface area (Å²) in [6, 6.07) is 0. The second-order valence-electron chi connectivity index (χ2n) is 7.21. The highest BCUT2D eigenvalue weighted by atomic mass is 32.1. The van der Waals surface area contributed by atoms with Crippen molar-refractivity contribution in [2.24, 2.45) is 22.6 Å². The molecule has 2 aliphatic rings. The minimum atomic E-state index is 0.638. The van der Waals surface area contributed by atoms with Gasteiger partial charge >= 0.3 is 0 Å². The quantitative estimate of drug-likeness (QED) is 0.587. The lowest BCUT2D eigenvalue weighted by molar-refractivity contribution is 0.176. The summed E-state index contributed by atoms with van der Waals surface area (Å²) >= 11 is 1.79. The number of aryl methyl sites for hydroxylation is 1. The normalized spacial score (nSPS) is 21.0. The van der Waals surface area contributed by atoms with Crippen molar-refractivity contribution in [1.82, 2.24) is 15.2 Å². The van der Waals surface area contributed by atoms with Gasteiger partial charge in [-0.25, -0.2) is 4.98 Å². The zero-order chi connectivity index (χ0) is 16.8. The number of likely N-dealkylation sites (tertiary alicyclic amines) is 1. The smallest absolute Gasteiger partial charge is 0.188 e. The fourth-order valence-corrected chi connectivity index (χ4v) is 4.11. The molecular weight excluding hydrogens is 318 g/mol. The maximum atomic E-state index is 5.98. The van der Waals surface area contributed by atoms with Gasteiger partial charge < -0.3 is 11.1 Å². The molecule has 0 unspecified atom stereocenters. The zero-order valence-corrected chi connectivity index (χ0v) is 15.7. The lowest BCUT2D eigenvalue weighted by Crippen LogP contribution is -2.40. The fraction of sp³-hybridized carbons (Fsp3) is 0.778. The van der Waals surface area contributed by atoms with Crippen molar-refractivity contribution >= 4 is 17.3 Å². The average molecular weight is 350 g/mol. The molecule has 0 amide bonds. The molecule has 0 radical (unpaired) electrons. The van der Waals surface area contributed by atoms with Gasteiger partial charge in [0.2, 0.25) is 0 Å². The highest BCUT2D eigenvalue weighted by Crippen LogP contribution is 2.26. The van der Waals surface area contributed by atoms with Crippen molar-refractivity contribution in [3.63, 3.8) is 0 Å². The van der Waals surface area contributed by atoms with Crippen LogP contribution in [-0.4, -0.2) is 42.0 Å². The van der Waals surface area contributed by atoms with Crippen molar-refractivity contribution in [3.8, 4) is 0 Å². The van der Waals surface area contributed by atoms with Gasteiger partial charge in [0, 0.05) is 25.0 Å². The van der Waals surface area contributed by atoms with Gasteiger partial charge in [0.15, 0.2) is 5.96 Å². The molecule has 134 valence electrons. The fourth-order valence-electron chi connectivity index (χ4n) is 3.37. The van der Waals surface area contributed by atoms with E-state index in [0.717, 1.165) is 45.1 Å². The predicted molar refractivity (Wildman–Crippen MR) is 101 cm³/mol. The van der Waals surface area contributed by atoms with Crippen molar-refractivity contribution in [2.45, 2.75) is 52.0 Å². The van der Waals surface area contributed by atoms with Crippen LogP contribution in [0.4, 0.5) is 0 Å². The van der Waals surface area contributed by atoms with Gasteiger partial charge in [-0.15, -0.1) is 11.3 Å². The van der Waals surface area contributed by atoms with Gasteiger partial charge in [-0.3, -0.25) is 9.89 Å². The molecule has 0 atom stereocenters. The first-order valence-corrected chi connectivity index (χ1v) is 10.3. The van der Waals surface area contributed by atoms with Crippen LogP contribution in [0.5, 0.6) is 0 Å². The Morgan fingerprint density at radius 1 is 1.33 bits per heavy atom. The standard InChI is InChI=1S/C18H31N5S/c1-2-17-22-16(13-24-17)12-23-8-6-15(7-9-23)11-21-18(19)20-10-14-4-3-5-14/h13-15H,2-12H2,1H3,(H3,19,20,21). The molecule has 1 saturated carbocycles. The minimum Gasteiger partial charge on any atom is -0.370 e. The van der Waals surface area contributed by atoms with Gasteiger partial charge in [0.1, 0.15) is 0 Å². The number of rotatable bonds is 7. The topological polar surface area (TPSA) is 66.5 Å². The molecule has 1 aliphatic heterocycles. The Hall–Kier alpha value is -1.14. The number of thiazole rings is 1.